The van der Waals surface area contributed by atoms with Crippen LogP contribution in [0.2, 0.25) is 0 Å². The van der Waals surface area contributed by atoms with Crippen molar-refractivity contribution in [1.82, 2.24) is 0 Å². The van der Waals surface area contributed by atoms with E-state index in [0.29, 0.717) is 22.5 Å². The Labute approximate surface area is 202 Å². The van der Waals surface area contributed by atoms with E-state index in [-0.39, 0.29) is 5.91 Å². The SMILES string of the molecule is COc1ccc(N([C@@H](C)C(=O)Nc2ccc(C34CC5CC(CC(C5)C3)C4)cc2)S(C)(=O)=O)cc1. The minimum absolute atomic E-state index is 0.312. The third-order valence-electron chi connectivity index (χ3n) is 8.22. The molecule has 7 heteroatoms. The average molecular weight is 483 g/mol. The van der Waals surface area contributed by atoms with Crippen LogP contribution in [0.15, 0.2) is 48.5 Å². The number of hydrogen-bond acceptors (Lipinski definition) is 4. The van der Waals surface area contributed by atoms with Crippen LogP contribution in [0.3, 0.4) is 0 Å². The maximum Gasteiger partial charge on any atom is 0.247 e. The van der Waals surface area contributed by atoms with Crippen molar-refractivity contribution < 1.29 is 17.9 Å². The molecule has 2 aromatic carbocycles. The Kier molecular flexibility index (Phi) is 5.87. The van der Waals surface area contributed by atoms with Crippen molar-refractivity contribution >= 4 is 27.3 Å². The molecular formula is C27H34N2O4S. The van der Waals surface area contributed by atoms with Gasteiger partial charge in [-0.05, 0) is 111 Å². The molecule has 4 fully saturated rings. The number of ether oxygens (including phenoxy) is 1. The summed E-state index contributed by atoms with van der Waals surface area (Å²) in [6.45, 7) is 1.60. The lowest BCUT2D eigenvalue weighted by atomic mass is 9.48. The van der Waals surface area contributed by atoms with E-state index < -0.39 is 16.1 Å². The number of nitrogens with one attached hydrogen (secondary N) is 1. The van der Waals surface area contributed by atoms with Crippen molar-refractivity contribution in [2.45, 2.75) is 56.9 Å². The summed E-state index contributed by atoms with van der Waals surface area (Å²) in [5, 5.41) is 2.92. The van der Waals surface area contributed by atoms with Gasteiger partial charge in [0.25, 0.3) is 0 Å². The number of sulfonamides is 1. The summed E-state index contributed by atoms with van der Waals surface area (Å²) in [5.41, 5.74) is 2.82. The molecule has 0 aromatic heterocycles. The largest absolute Gasteiger partial charge is 0.497 e. The van der Waals surface area contributed by atoms with Crippen molar-refractivity contribution in [2.75, 3.05) is 23.0 Å². The number of carbonyl (C=O) groups excluding carboxylic acids is 1. The lowest BCUT2D eigenvalue weighted by Gasteiger charge is -2.57. The number of hydrogen-bond donors (Lipinski definition) is 1. The van der Waals surface area contributed by atoms with E-state index in [1.165, 1.54) is 44.1 Å². The lowest BCUT2D eigenvalue weighted by Crippen LogP contribution is -2.48. The highest BCUT2D eigenvalue weighted by Crippen LogP contribution is 2.60. The van der Waals surface area contributed by atoms with Gasteiger partial charge >= 0.3 is 0 Å². The van der Waals surface area contributed by atoms with E-state index in [9.17, 15) is 13.2 Å². The molecule has 1 amide bonds. The monoisotopic (exact) mass is 482 g/mol. The van der Waals surface area contributed by atoms with Crippen molar-refractivity contribution in [3.63, 3.8) is 0 Å². The molecular weight excluding hydrogens is 448 g/mol. The Morgan fingerprint density at radius 3 is 1.97 bits per heavy atom. The highest BCUT2D eigenvalue weighted by molar-refractivity contribution is 7.92. The summed E-state index contributed by atoms with van der Waals surface area (Å²) in [6, 6.07) is 14.0. The molecule has 34 heavy (non-hydrogen) atoms. The molecule has 0 unspecified atom stereocenters. The first-order valence-electron chi connectivity index (χ1n) is 12.2. The number of rotatable bonds is 7. The van der Waals surface area contributed by atoms with E-state index in [1.807, 2.05) is 12.1 Å². The van der Waals surface area contributed by atoms with Gasteiger partial charge in [-0.3, -0.25) is 9.10 Å². The zero-order valence-electron chi connectivity index (χ0n) is 20.2. The van der Waals surface area contributed by atoms with Crippen LogP contribution in [-0.2, 0) is 20.2 Å². The zero-order chi connectivity index (χ0) is 24.1. The van der Waals surface area contributed by atoms with Crippen LogP contribution < -0.4 is 14.4 Å². The van der Waals surface area contributed by atoms with Gasteiger partial charge in [-0.2, -0.15) is 0 Å². The molecule has 4 aliphatic rings. The van der Waals surface area contributed by atoms with Gasteiger partial charge in [-0.15, -0.1) is 0 Å². The Balaban J connectivity index is 1.31. The molecule has 182 valence electrons. The van der Waals surface area contributed by atoms with Crippen LogP contribution in [0.4, 0.5) is 11.4 Å². The zero-order valence-corrected chi connectivity index (χ0v) is 21.0. The lowest BCUT2D eigenvalue weighted by molar-refractivity contribution is -0.116. The molecule has 6 rings (SSSR count). The van der Waals surface area contributed by atoms with Crippen LogP contribution in [0, 0.1) is 17.8 Å². The average Bonchev–Trinajstić information content (AvgIpc) is 2.78. The number of nitrogens with zero attached hydrogens (tertiary/aromatic N) is 1. The highest BCUT2D eigenvalue weighted by atomic mass is 32.2. The van der Waals surface area contributed by atoms with Crippen molar-refractivity contribution in [3.05, 3.63) is 54.1 Å². The van der Waals surface area contributed by atoms with E-state index in [1.54, 1.807) is 38.3 Å². The second kappa shape index (κ2) is 8.59. The molecule has 6 nitrogen and oxygen atoms in total. The van der Waals surface area contributed by atoms with Gasteiger partial charge in [0.2, 0.25) is 15.9 Å². The first kappa shape index (κ1) is 23.2. The topological polar surface area (TPSA) is 75.7 Å². The van der Waals surface area contributed by atoms with Crippen LogP contribution >= 0.6 is 0 Å². The summed E-state index contributed by atoms with van der Waals surface area (Å²) in [5.74, 6) is 2.89. The van der Waals surface area contributed by atoms with E-state index >= 15 is 0 Å². The van der Waals surface area contributed by atoms with Crippen LogP contribution in [-0.4, -0.2) is 33.7 Å². The predicted octanol–water partition coefficient (Wildman–Crippen LogP) is 4.96. The third-order valence-corrected chi connectivity index (χ3v) is 9.46. The maximum atomic E-state index is 13.1. The molecule has 4 saturated carbocycles. The number of amides is 1. The molecule has 0 saturated heterocycles. The van der Waals surface area contributed by atoms with Gasteiger partial charge in [0.1, 0.15) is 11.8 Å². The van der Waals surface area contributed by atoms with Crippen molar-refractivity contribution in [3.8, 4) is 5.75 Å². The summed E-state index contributed by atoms with van der Waals surface area (Å²) in [7, 11) is -2.13. The first-order chi connectivity index (χ1) is 16.2. The highest BCUT2D eigenvalue weighted by Gasteiger charge is 2.51. The number of methoxy groups -OCH3 is 1. The Morgan fingerprint density at radius 1 is 0.971 bits per heavy atom. The molecule has 4 bridgehead atoms. The Hall–Kier alpha value is -2.54. The molecule has 0 heterocycles. The number of benzene rings is 2. The van der Waals surface area contributed by atoms with E-state index in [0.717, 1.165) is 28.3 Å². The summed E-state index contributed by atoms with van der Waals surface area (Å²) >= 11 is 0. The van der Waals surface area contributed by atoms with Gasteiger partial charge in [0.15, 0.2) is 0 Å². The van der Waals surface area contributed by atoms with Gasteiger partial charge < -0.3 is 10.1 Å². The predicted molar refractivity (Wildman–Crippen MR) is 135 cm³/mol. The van der Waals surface area contributed by atoms with E-state index in [2.05, 4.69) is 17.4 Å². The summed E-state index contributed by atoms with van der Waals surface area (Å²) in [4.78, 5) is 13.1. The van der Waals surface area contributed by atoms with Gasteiger partial charge in [-0.1, -0.05) is 12.1 Å². The Morgan fingerprint density at radius 2 is 1.50 bits per heavy atom. The molecule has 0 aliphatic heterocycles. The van der Waals surface area contributed by atoms with Gasteiger partial charge in [-0.25, -0.2) is 8.42 Å². The fourth-order valence-corrected chi connectivity index (χ4v) is 8.33. The molecule has 2 aromatic rings. The van der Waals surface area contributed by atoms with Gasteiger partial charge in [0, 0.05) is 5.69 Å². The fourth-order valence-electron chi connectivity index (χ4n) is 7.16. The molecule has 1 N–H and O–H groups in total. The summed E-state index contributed by atoms with van der Waals surface area (Å²) in [6.07, 6.45) is 9.25. The number of carbonyl (C=O) groups is 1. The van der Waals surface area contributed by atoms with Crippen molar-refractivity contribution in [2.24, 2.45) is 17.8 Å². The molecule has 0 spiro atoms. The second-order valence-electron chi connectivity index (χ2n) is 10.7. The maximum absolute atomic E-state index is 13.1. The van der Waals surface area contributed by atoms with E-state index in [4.69, 9.17) is 4.74 Å². The molecule has 4 aliphatic carbocycles. The minimum atomic E-state index is -3.68. The van der Waals surface area contributed by atoms with Crippen molar-refractivity contribution in [1.29, 1.82) is 0 Å². The quantitative estimate of drug-likeness (QED) is 0.605. The minimum Gasteiger partial charge on any atom is -0.497 e. The number of anilines is 2. The van der Waals surface area contributed by atoms with Crippen LogP contribution in [0.5, 0.6) is 5.75 Å². The Bertz CT molecular complexity index is 1120. The first-order valence-corrected chi connectivity index (χ1v) is 14.1. The van der Waals surface area contributed by atoms with Crippen LogP contribution in [0.1, 0.15) is 51.0 Å². The standard InChI is InChI=1S/C27H34N2O4S/c1-18(29(34(3,31)32)24-8-10-25(33-2)11-9-24)26(30)28-23-6-4-22(5-7-23)27-15-19-12-20(16-27)14-21(13-19)17-27/h4-11,18-21H,12-17H2,1-3H3,(H,28,30)/t18-,19?,20?,21?,27?/m0/s1. The molecule has 0 radical (unpaired) electrons. The van der Waals surface area contributed by atoms with Gasteiger partial charge in [0.05, 0.1) is 19.1 Å². The van der Waals surface area contributed by atoms with Crippen LogP contribution in [0.25, 0.3) is 0 Å². The molecule has 1 atom stereocenters. The second-order valence-corrected chi connectivity index (χ2v) is 12.6. The fraction of sp³-hybridized carbons (Fsp3) is 0.519. The summed E-state index contributed by atoms with van der Waals surface area (Å²) < 4.78 is 31.4. The normalized spacial score (nSPS) is 28.4. The smallest absolute Gasteiger partial charge is 0.247 e. The third kappa shape index (κ3) is 4.30.